The molecule has 0 aromatic heterocycles. The van der Waals surface area contributed by atoms with Gasteiger partial charge in [0.25, 0.3) is 5.91 Å². The van der Waals surface area contributed by atoms with Crippen molar-refractivity contribution < 1.29 is 18.3 Å². The summed E-state index contributed by atoms with van der Waals surface area (Å²) in [5.41, 5.74) is 0.406. The van der Waals surface area contributed by atoms with Gasteiger partial charge in [-0.2, -0.15) is 0 Å². The first-order valence-electron chi connectivity index (χ1n) is 10.5. The minimum Gasteiger partial charge on any atom is -0.393 e. The summed E-state index contributed by atoms with van der Waals surface area (Å²) in [5.74, 6) is 0.544. The van der Waals surface area contributed by atoms with Crippen LogP contribution in [0.3, 0.4) is 0 Å². The number of nitrogens with zero attached hydrogens (tertiary/aromatic N) is 1. The van der Waals surface area contributed by atoms with Gasteiger partial charge in [-0.3, -0.25) is 4.79 Å². The number of amides is 1. The fourth-order valence-electron chi connectivity index (χ4n) is 4.76. The second-order valence-electron chi connectivity index (χ2n) is 8.78. The predicted molar refractivity (Wildman–Crippen MR) is 106 cm³/mol. The van der Waals surface area contributed by atoms with Gasteiger partial charge in [-0.25, -0.2) is 13.1 Å². The monoisotopic (exact) mass is 406 g/mol. The number of likely N-dealkylation sites (tertiary alicyclic amines) is 1. The number of carbonyl (C=O) groups excluding carboxylic acids is 1. The van der Waals surface area contributed by atoms with Crippen molar-refractivity contribution in [1.29, 1.82) is 0 Å². The molecule has 4 rings (SSSR count). The normalized spacial score (nSPS) is 31.1. The Labute approximate surface area is 167 Å². The molecule has 0 spiro atoms. The number of hydrogen-bond acceptors (Lipinski definition) is 4. The number of sulfonamides is 1. The predicted octanol–water partition coefficient (Wildman–Crippen LogP) is 2.53. The fraction of sp³-hybridized carbons (Fsp3) is 0.667. The second kappa shape index (κ2) is 7.76. The van der Waals surface area contributed by atoms with Crippen molar-refractivity contribution >= 4 is 15.9 Å². The standard InChI is InChI=1S/C21H30N2O4S/c1-14-7-10-20(24)18(12-14)19-6-3-11-23(19)21(25)15-4-2-5-17(13-15)28(26,27)22-16-8-9-16/h2,4-5,13-14,16,18-20,22,24H,3,6-12H2,1H3/t14-,18+,19-,20+/m1/s1. The molecule has 1 amide bonds. The van der Waals surface area contributed by atoms with Crippen LogP contribution in [0.1, 0.15) is 62.2 Å². The third kappa shape index (κ3) is 4.11. The zero-order chi connectivity index (χ0) is 19.9. The lowest BCUT2D eigenvalue weighted by atomic mass is 9.76. The Hall–Kier alpha value is -1.44. The second-order valence-corrected chi connectivity index (χ2v) is 10.5. The average molecular weight is 407 g/mol. The Morgan fingerprint density at radius 2 is 1.96 bits per heavy atom. The van der Waals surface area contributed by atoms with Gasteiger partial charge in [-0.15, -0.1) is 0 Å². The van der Waals surface area contributed by atoms with Gasteiger partial charge in [0.05, 0.1) is 11.0 Å². The molecule has 7 heteroatoms. The SMILES string of the molecule is C[C@@H]1CC[C@H](O)[C@H]([C@H]2CCCN2C(=O)c2cccc(S(=O)(=O)NC3CC3)c2)C1. The zero-order valence-electron chi connectivity index (χ0n) is 16.4. The molecule has 2 N–H and O–H groups in total. The van der Waals surface area contributed by atoms with E-state index in [4.69, 9.17) is 0 Å². The Balaban J connectivity index is 1.54. The first-order chi connectivity index (χ1) is 13.3. The van der Waals surface area contributed by atoms with Crippen LogP contribution in [0.2, 0.25) is 0 Å². The summed E-state index contributed by atoms with van der Waals surface area (Å²) in [6, 6.07) is 6.42. The summed E-state index contributed by atoms with van der Waals surface area (Å²) < 4.78 is 27.7. The lowest BCUT2D eigenvalue weighted by Crippen LogP contribution is -2.46. The Kier molecular flexibility index (Phi) is 5.51. The van der Waals surface area contributed by atoms with Crippen molar-refractivity contribution in [1.82, 2.24) is 9.62 Å². The van der Waals surface area contributed by atoms with Crippen LogP contribution in [0.15, 0.2) is 29.2 Å². The minimum atomic E-state index is -3.59. The molecule has 3 fully saturated rings. The topological polar surface area (TPSA) is 86.7 Å². The van der Waals surface area contributed by atoms with Gasteiger partial charge in [0.2, 0.25) is 10.0 Å². The number of aliphatic hydroxyl groups excluding tert-OH is 1. The highest BCUT2D eigenvalue weighted by Gasteiger charge is 2.40. The van der Waals surface area contributed by atoms with Crippen LogP contribution in [0.25, 0.3) is 0 Å². The Bertz CT molecular complexity index is 837. The number of carbonyl (C=O) groups is 1. The Morgan fingerprint density at radius 3 is 2.71 bits per heavy atom. The summed E-state index contributed by atoms with van der Waals surface area (Å²) in [7, 11) is -3.59. The molecule has 154 valence electrons. The lowest BCUT2D eigenvalue weighted by Gasteiger charge is -2.39. The smallest absolute Gasteiger partial charge is 0.254 e. The van der Waals surface area contributed by atoms with Crippen LogP contribution < -0.4 is 4.72 Å². The Morgan fingerprint density at radius 1 is 1.18 bits per heavy atom. The maximum atomic E-state index is 13.2. The van der Waals surface area contributed by atoms with Crippen molar-refractivity contribution in [2.75, 3.05) is 6.54 Å². The van der Waals surface area contributed by atoms with Crippen LogP contribution in [-0.2, 0) is 10.0 Å². The van der Waals surface area contributed by atoms with E-state index in [1.54, 1.807) is 12.1 Å². The van der Waals surface area contributed by atoms with E-state index in [0.717, 1.165) is 44.9 Å². The van der Waals surface area contributed by atoms with E-state index >= 15 is 0 Å². The van der Waals surface area contributed by atoms with Crippen molar-refractivity contribution in [3.63, 3.8) is 0 Å². The molecule has 1 heterocycles. The van der Waals surface area contributed by atoms with E-state index in [1.807, 2.05) is 4.90 Å². The summed E-state index contributed by atoms with van der Waals surface area (Å²) in [5, 5.41) is 10.5. The van der Waals surface area contributed by atoms with E-state index in [9.17, 15) is 18.3 Å². The molecular weight excluding hydrogens is 376 g/mol. The number of rotatable bonds is 5. The molecule has 0 bridgehead atoms. The highest BCUT2D eigenvalue weighted by molar-refractivity contribution is 7.89. The van der Waals surface area contributed by atoms with Crippen LogP contribution in [0.4, 0.5) is 0 Å². The lowest BCUT2D eigenvalue weighted by molar-refractivity contribution is 0.00859. The summed E-state index contributed by atoms with van der Waals surface area (Å²) in [6.45, 7) is 2.87. The molecule has 1 aliphatic heterocycles. The molecule has 1 saturated heterocycles. The van der Waals surface area contributed by atoms with Crippen LogP contribution in [0.5, 0.6) is 0 Å². The van der Waals surface area contributed by atoms with E-state index in [1.165, 1.54) is 12.1 Å². The summed E-state index contributed by atoms with van der Waals surface area (Å²) in [6.07, 6.45) is 5.98. The van der Waals surface area contributed by atoms with Gasteiger partial charge in [-0.1, -0.05) is 13.0 Å². The van der Waals surface area contributed by atoms with Crippen molar-refractivity contribution in [3.05, 3.63) is 29.8 Å². The molecule has 0 unspecified atom stereocenters. The molecule has 4 atom stereocenters. The van der Waals surface area contributed by atoms with Gasteiger partial charge >= 0.3 is 0 Å². The van der Waals surface area contributed by atoms with Gasteiger partial charge in [0, 0.05) is 30.1 Å². The van der Waals surface area contributed by atoms with Crippen molar-refractivity contribution in [3.8, 4) is 0 Å². The number of hydrogen-bond donors (Lipinski definition) is 2. The summed E-state index contributed by atoms with van der Waals surface area (Å²) in [4.78, 5) is 15.2. The maximum absolute atomic E-state index is 13.2. The molecule has 28 heavy (non-hydrogen) atoms. The van der Waals surface area contributed by atoms with E-state index in [-0.39, 0.29) is 34.9 Å². The van der Waals surface area contributed by atoms with Crippen LogP contribution in [0, 0.1) is 11.8 Å². The largest absolute Gasteiger partial charge is 0.393 e. The number of nitrogens with one attached hydrogen (secondary N) is 1. The van der Waals surface area contributed by atoms with E-state index in [2.05, 4.69) is 11.6 Å². The molecule has 1 aromatic rings. The molecule has 2 aliphatic carbocycles. The van der Waals surface area contributed by atoms with Crippen LogP contribution >= 0.6 is 0 Å². The number of aliphatic hydroxyl groups is 1. The molecule has 3 aliphatic rings. The molecule has 2 saturated carbocycles. The summed E-state index contributed by atoms with van der Waals surface area (Å²) >= 11 is 0. The highest BCUT2D eigenvalue weighted by Crippen LogP contribution is 2.37. The molecule has 1 aromatic carbocycles. The van der Waals surface area contributed by atoms with Gasteiger partial charge in [-0.05, 0) is 69.1 Å². The van der Waals surface area contributed by atoms with Crippen molar-refractivity contribution in [2.45, 2.75) is 75.0 Å². The van der Waals surface area contributed by atoms with Crippen molar-refractivity contribution in [2.24, 2.45) is 11.8 Å². The molecule has 0 radical (unpaired) electrons. The highest BCUT2D eigenvalue weighted by atomic mass is 32.2. The first-order valence-corrected chi connectivity index (χ1v) is 11.9. The fourth-order valence-corrected chi connectivity index (χ4v) is 6.11. The minimum absolute atomic E-state index is 0.0297. The van der Waals surface area contributed by atoms with Crippen LogP contribution in [-0.4, -0.2) is 49.1 Å². The quantitative estimate of drug-likeness (QED) is 0.787. The number of benzene rings is 1. The molecular formula is C21H30N2O4S. The van der Waals surface area contributed by atoms with Gasteiger partial charge in [0.15, 0.2) is 0 Å². The molecule has 6 nitrogen and oxygen atoms in total. The van der Waals surface area contributed by atoms with E-state index in [0.29, 0.717) is 18.0 Å². The van der Waals surface area contributed by atoms with Gasteiger partial charge < -0.3 is 10.0 Å². The first kappa shape index (κ1) is 19.9. The van der Waals surface area contributed by atoms with Gasteiger partial charge in [0.1, 0.15) is 0 Å². The third-order valence-electron chi connectivity index (χ3n) is 6.47. The average Bonchev–Trinajstić information content (AvgIpc) is 3.34. The zero-order valence-corrected chi connectivity index (χ0v) is 17.2. The van der Waals surface area contributed by atoms with E-state index < -0.39 is 10.0 Å². The maximum Gasteiger partial charge on any atom is 0.254 e. The third-order valence-corrected chi connectivity index (χ3v) is 7.99.